The molecule has 3 heterocycles. The lowest BCUT2D eigenvalue weighted by atomic mass is 9.94. The standard InChI is InChI=1S/C18H16N2O2/c1-4-14(18-16(7-1)21-12-22-18)10-13-5-3-9-20-17(13)15-6-2-8-19-11-15/h1-2,4,6-8,10-11H,3,5,9,12H2. The topological polar surface area (TPSA) is 43.7 Å². The molecule has 4 nitrogen and oxygen atoms in total. The van der Waals surface area contributed by atoms with Crippen LogP contribution in [0.4, 0.5) is 0 Å². The van der Waals surface area contributed by atoms with Crippen molar-refractivity contribution in [1.82, 2.24) is 4.98 Å². The van der Waals surface area contributed by atoms with Gasteiger partial charge in [-0.25, -0.2) is 0 Å². The van der Waals surface area contributed by atoms with Crippen molar-refractivity contribution in [1.29, 1.82) is 0 Å². The minimum absolute atomic E-state index is 0.291. The summed E-state index contributed by atoms with van der Waals surface area (Å²) in [4.78, 5) is 8.91. The molecule has 0 radical (unpaired) electrons. The van der Waals surface area contributed by atoms with Crippen LogP contribution in [-0.4, -0.2) is 24.0 Å². The van der Waals surface area contributed by atoms with Crippen LogP contribution in [-0.2, 0) is 0 Å². The van der Waals surface area contributed by atoms with Gasteiger partial charge in [-0.1, -0.05) is 12.1 Å². The molecule has 22 heavy (non-hydrogen) atoms. The van der Waals surface area contributed by atoms with Crippen LogP contribution in [0.15, 0.2) is 53.3 Å². The summed E-state index contributed by atoms with van der Waals surface area (Å²) >= 11 is 0. The summed E-state index contributed by atoms with van der Waals surface area (Å²) in [6.07, 6.45) is 7.90. The Hall–Kier alpha value is -2.62. The second-order valence-electron chi connectivity index (χ2n) is 5.33. The minimum Gasteiger partial charge on any atom is -0.454 e. The molecule has 0 unspecified atom stereocenters. The highest BCUT2D eigenvalue weighted by Crippen LogP contribution is 2.37. The number of benzene rings is 1. The van der Waals surface area contributed by atoms with Crippen LogP contribution in [0.1, 0.15) is 24.0 Å². The third-order valence-corrected chi connectivity index (χ3v) is 3.87. The second-order valence-corrected chi connectivity index (χ2v) is 5.33. The van der Waals surface area contributed by atoms with E-state index in [-0.39, 0.29) is 0 Å². The van der Waals surface area contributed by atoms with Gasteiger partial charge in [-0.2, -0.15) is 0 Å². The van der Waals surface area contributed by atoms with Crippen molar-refractivity contribution < 1.29 is 9.47 Å². The summed E-state index contributed by atoms with van der Waals surface area (Å²) in [7, 11) is 0. The highest BCUT2D eigenvalue weighted by atomic mass is 16.7. The molecular formula is C18H16N2O2. The van der Waals surface area contributed by atoms with Gasteiger partial charge in [0, 0.05) is 30.1 Å². The fraction of sp³-hybridized carbons (Fsp3) is 0.222. The van der Waals surface area contributed by atoms with E-state index in [9.17, 15) is 0 Å². The molecule has 1 aromatic heterocycles. The first-order chi connectivity index (χ1) is 10.9. The predicted octanol–water partition coefficient (Wildman–Crippen LogP) is 3.48. The fourth-order valence-corrected chi connectivity index (χ4v) is 2.85. The molecular weight excluding hydrogens is 276 g/mol. The van der Waals surface area contributed by atoms with Crippen LogP contribution in [0.2, 0.25) is 0 Å². The van der Waals surface area contributed by atoms with Crippen LogP contribution in [0.25, 0.3) is 6.08 Å². The Kier molecular flexibility index (Phi) is 3.35. The summed E-state index contributed by atoms with van der Waals surface area (Å²) in [6, 6.07) is 9.97. The van der Waals surface area contributed by atoms with E-state index >= 15 is 0 Å². The molecule has 0 amide bonds. The fourth-order valence-electron chi connectivity index (χ4n) is 2.85. The first-order valence-electron chi connectivity index (χ1n) is 7.46. The first-order valence-corrected chi connectivity index (χ1v) is 7.46. The van der Waals surface area contributed by atoms with Crippen molar-refractivity contribution in [2.45, 2.75) is 12.8 Å². The van der Waals surface area contributed by atoms with Crippen molar-refractivity contribution >= 4 is 11.8 Å². The van der Waals surface area contributed by atoms with Gasteiger partial charge in [-0.05, 0) is 42.7 Å². The molecule has 0 spiro atoms. The van der Waals surface area contributed by atoms with E-state index in [0.29, 0.717) is 6.79 Å². The van der Waals surface area contributed by atoms with Gasteiger partial charge in [0.05, 0.1) is 5.71 Å². The molecule has 0 atom stereocenters. The number of para-hydroxylation sites is 1. The Bertz CT molecular complexity index is 751. The summed E-state index contributed by atoms with van der Waals surface area (Å²) < 4.78 is 11.0. The Morgan fingerprint density at radius 1 is 1.09 bits per heavy atom. The van der Waals surface area contributed by atoms with Gasteiger partial charge in [0.15, 0.2) is 11.5 Å². The number of hydrogen-bond donors (Lipinski definition) is 0. The molecule has 0 N–H and O–H groups in total. The SMILES string of the molecule is C(=C1CCCN=C1c1cccnc1)c1cccc2c1OCO2. The van der Waals surface area contributed by atoms with E-state index < -0.39 is 0 Å². The lowest BCUT2D eigenvalue weighted by Crippen LogP contribution is -2.11. The van der Waals surface area contributed by atoms with Gasteiger partial charge in [-0.15, -0.1) is 0 Å². The highest BCUT2D eigenvalue weighted by molar-refractivity contribution is 6.15. The molecule has 1 aromatic carbocycles. The Balaban J connectivity index is 1.76. The van der Waals surface area contributed by atoms with E-state index in [2.05, 4.69) is 23.2 Å². The number of aliphatic imine (C=N–C) groups is 1. The van der Waals surface area contributed by atoms with Crippen molar-refractivity contribution in [3.63, 3.8) is 0 Å². The molecule has 0 aliphatic carbocycles. The van der Waals surface area contributed by atoms with Crippen LogP contribution in [0, 0.1) is 0 Å². The number of rotatable bonds is 2. The van der Waals surface area contributed by atoms with Crippen molar-refractivity contribution in [2.75, 3.05) is 13.3 Å². The van der Waals surface area contributed by atoms with Crippen LogP contribution < -0.4 is 9.47 Å². The van der Waals surface area contributed by atoms with Gasteiger partial charge >= 0.3 is 0 Å². The first kappa shape index (κ1) is 13.1. The second kappa shape index (κ2) is 5.64. The maximum absolute atomic E-state index is 5.59. The van der Waals surface area contributed by atoms with Crippen LogP contribution in [0.3, 0.4) is 0 Å². The zero-order valence-electron chi connectivity index (χ0n) is 12.2. The van der Waals surface area contributed by atoms with Crippen LogP contribution in [0.5, 0.6) is 11.5 Å². The molecule has 0 saturated carbocycles. The Labute approximate surface area is 129 Å². The van der Waals surface area contributed by atoms with Gasteiger partial charge in [0.2, 0.25) is 6.79 Å². The Morgan fingerprint density at radius 3 is 3.00 bits per heavy atom. The zero-order valence-corrected chi connectivity index (χ0v) is 12.2. The van der Waals surface area contributed by atoms with E-state index in [1.165, 1.54) is 5.57 Å². The summed E-state index contributed by atoms with van der Waals surface area (Å²) in [5, 5.41) is 0. The summed E-state index contributed by atoms with van der Waals surface area (Å²) in [6.45, 7) is 1.16. The number of hydrogen-bond acceptors (Lipinski definition) is 4. The van der Waals surface area contributed by atoms with E-state index in [0.717, 1.165) is 47.7 Å². The number of ether oxygens (including phenoxy) is 2. The van der Waals surface area contributed by atoms with Crippen molar-refractivity contribution in [3.05, 3.63) is 59.4 Å². The average Bonchev–Trinajstić information content (AvgIpc) is 3.06. The van der Waals surface area contributed by atoms with E-state index in [1.807, 2.05) is 24.4 Å². The lowest BCUT2D eigenvalue weighted by Gasteiger charge is -2.16. The zero-order chi connectivity index (χ0) is 14.8. The van der Waals surface area contributed by atoms with Gasteiger partial charge in [0.1, 0.15) is 0 Å². The molecule has 2 aromatic rings. The third kappa shape index (κ3) is 2.37. The van der Waals surface area contributed by atoms with Gasteiger partial charge < -0.3 is 9.47 Å². The van der Waals surface area contributed by atoms with E-state index in [1.54, 1.807) is 6.20 Å². The molecule has 2 aliphatic rings. The van der Waals surface area contributed by atoms with Gasteiger partial charge in [-0.3, -0.25) is 9.98 Å². The molecule has 0 fully saturated rings. The smallest absolute Gasteiger partial charge is 0.231 e. The number of nitrogens with zero attached hydrogens (tertiary/aromatic N) is 2. The van der Waals surface area contributed by atoms with Crippen molar-refractivity contribution in [3.8, 4) is 11.5 Å². The molecule has 2 aliphatic heterocycles. The number of fused-ring (bicyclic) bond motifs is 1. The quantitative estimate of drug-likeness (QED) is 0.851. The molecule has 4 heteroatoms. The summed E-state index contributed by atoms with van der Waals surface area (Å²) in [5.41, 5.74) is 4.38. The third-order valence-electron chi connectivity index (χ3n) is 3.87. The van der Waals surface area contributed by atoms with Crippen molar-refractivity contribution in [2.24, 2.45) is 4.99 Å². The maximum Gasteiger partial charge on any atom is 0.231 e. The molecule has 0 bridgehead atoms. The van der Waals surface area contributed by atoms with Crippen LogP contribution >= 0.6 is 0 Å². The summed E-state index contributed by atoms with van der Waals surface area (Å²) in [5.74, 6) is 1.64. The normalized spacial score (nSPS) is 18.4. The molecule has 110 valence electrons. The molecule has 0 saturated heterocycles. The number of allylic oxidation sites excluding steroid dienone is 1. The maximum atomic E-state index is 5.59. The number of aromatic nitrogens is 1. The van der Waals surface area contributed by atoms with Gasteiger partial charge in [0.25, 0.3) is 0 Å². The number of pyridine rings is 1. The highest BCUT2D eigenvalue weighted by Gasteiger charge is 2.19. The molecule has 4 rings (SSSR count). The van der Waals surface area contributed by atoms with E-state index in [4.69, 9.17) is 14.5 Å². The average molecular weight is 292 g/mol. The monoisotopic (exact) mass is 292 g/mol. The predicted molar refractivity (Wildman–Crippen MR) is 85.4 cm³/mol. The largest absolute Gasteiger partial charge is 0.454 e. The minimum atomic E-state index is 0.291. The Morgan fingerprint density at radius 2 is 2.09 bits per heavy atom. The lowest BCUT2D eigenvalue weighted by molar-refractivity contribution is 0.174.